The van der Waals surface area contributed by atoms with E-state index in [9.17, 15) is 4.79 Å². The number of aromatic nitrogens is 4. The highest BCUT2D eigenvalue weighted by Crippen LogP contribution is 2.36. The number of anilines is 1. The highest BCUT2D eigenvalue weighted by molar-refractivity contribution is 5.83. The Morgan fingerprint density at radius 1 is 0.971 bits per heavy atom. The van der Waals surface area contributed by atoms with Gasteiger partial charge in [-0.25, -0.2) is 19.7 Å². The van der Waals surface area contributed by atoms with Crippen LogP contribution in [0.25, 0.3) is 22.2 Å². The third-order valence-corrected chi connectivity index (χ3v) is 7.39. The number of carbonyl (C=O) groups is 1. The second kappa shape index (κ2) is 7.55. The largest absolute Gasteiger partial charge is 0.337 e. The number of fused-ring (bicyclic) bond motifs is 4. The zero-order chi connectivity index (χ0) is 22.6. The maximum Gasteiger partial charge on any atom is 0.317 e. The topological polar surface area (TPSA) is 79.2 Å². The Morgan fingerprint density at radius 3 is 2.68 bits per heavy atom. The molecule has 0 spiro atoms. The van der Waals surface area contributed by atoms with Crippen LogP contribution in [-0.4, -0.2) is 62.7 Å². The minimum Gasteiger partial charge on any atom is -0.337 e. The summed E-state index contributed by atoms with van der Waals surface area (Å²) in [5.41, 5.74) is 5.62. The minimum absolute atomic E-state index is 0.0390. The molecule has 2 amide bonds. The van der Waals surface area contributed by atoms with E-state index >= 15 is 0 Å². The van der Waals surface area contributed by atoms with Crippen LogP contribution in [0, 0.1) is 0 Å². The second-order valence-corrected chi connectivity index (χ2v) is 9.32. The van der Waals surface area contributed by atoms with Crippen LogP contribution in [0.3, 0.4) is 0 Å². The summed E-state index contributed by atoms with van der Waals surface area (Å²) in [5, 5.41) is 2.92. The Labute approximate surface area is 197 Å². The summed E-state index contributed by atoms with van der Waals surface area (Å²) in [5.74, 6) is 1.88. The number of urea groups is 1. The van der Waals surface area contributed by atoms with Gasteiger partial charge in [0.25, 0.3) is 0 Å². The molecule has 7 rings (SSSR count). The number of imidazole rings is 1. The molecule has 2 aromatic carbocycles. The first-order valence-electron chi connectivity index (χ1n) is 11.9. The van der Waals surface area contributed by atoms with Crippen molar-refractivity contribution in [2.45, 2.75) is 24.9 Å². The van der Waals surface area contributed by atoms with Crippen LogP contribution in [0.2, 0.25) is 0 Å². The zero-order valence-corrected chi connectivity index (χ0v) is 18.8. The fourth-order valence-corrected chi connectivity index (χ4v) is 5.65. The van der Waals surface area contributed by atoms with Gasteiger partial charge in [-0.15, -0.1) is 0 Å². The molecular weight excluding hydrogens is 426 g/mol. The molecule has 8 nitrogen and oxygen atoms in total. The van der Waals surface area contributed by atoms with Crippen molar-refractivity contribution >= 4 is 23.0 Å². The number of amides is 2. The SMILES string of the molecule is O=C1NCC2CN(c3ncc(-c4ccc5nc6n(c5c4)[C@@H](c4ccccc4)CC6)cn3)CCN12. The summed E-state index contributed by atoms with van der Waals surface area (Å²) in [6.45, 7) is 2.89. The molecule has 3 aliphatic heterocycles. The molecule has 2 atom stereocenters. The molecule has 34 heavy (non-hydrogen) atoms. The van der Waals surface area contributed by atoms with Gasteiger partial charge in [0.2, 0.25) is 5.95 Å². The summed E-state index contributed by atoms with van der Waals surface area (Å²) in [6, 6.07) is 17.7. The molecule has 4 aromatic rings. The highest BCUT2D eigenvalue weighted by Gasteiger charge is 2.36. The molecular formula is C26H25N7O. The molecule has 2 saturated heterocycles. The summed E-state index contributed by atoms with van der Waals surface area (Å²) in [7, 11) is 0. The molecule has 1 unspecified atom stereocenters. The van der Waals surface area contributed by atoms with Crippen LogP contribution in [0.5, 0.6) is 0 Å². The standard InChI is InChI=1S/C26H25N7O/c34-26-29-15-20-16-31(10-11-32(20)26)25-27-13-19(14-28-25)18-6-7-21-23(12-18)33-22(8-9-24(33)30-21)17-4-2-1-3-5-17/h1-7,12-14,20,22H,8-11,15-16H2,(H,29,34)/t20?,22-/m1/s1. The van der Waals surface area contributed by atoms with Gasteiger partial charge in [0, 0.05) is 50.6 Å². The van der Waals surface area contributed by atoms with Crippen molar-refractivity contribution in [2.75, 3.05) is 31.1 Å². The fraction of sp³-hybridized carbons (Fsp3) is 0.308. The van der Waals surface area contributed by atoms with Gasteiger partial charge in [0.05, 0.1) is 23.1 Å². The molecule has 0 saturated carbocycles. The van der Waals surface area contributed by atoms with E-state index in [-0.39, 0.29) is 12.1 Å². The molecule has 0 radical (unpaired) electrons. The number of nitrogens with one attached hydrogen (secondary N) is 1. The Hall–Kier alpha value is -3.94. The Kier molecular flexibility index (Phi) is 4.33. The molecule has 8 heteroatoms. The van der Waals surface area contributed by atoms with Gasteiger partial charge < -0.3 is 19.7 Å². The number of benzene rings is 2. The quantitative estimate of drug-likeness (QED) is 0.517. The maximum absolute atomic E-state index is 11.9. The van der Waals surface area contributed by atoms with Gasteiger partial charge in [-0.2, -0.15) is 0 Å². The maximum atomic E-state index is 11.9. The molecule has 2 aromatic heterocycles. The molecule has 0 bridgehead atoms. The van der Waals surface area contributed by atoms with Gasteiger partial charge in [-0.1, -0.05) is 36.4 Å². The molecule has 5 heterocycles. The molecule has 3 aliphatic rings. The van der Waals surface area contributed by atoms with E-state index in [1.165, 1.54) is 5.56 Å². The van der Waals surface area contributed by atoms with Crippen molar-refractivity contribution < 1.29 is 4.79 Å². The lowest BCUT2D eigenvalue weighted by atomic mass is 10.0. The van der Waals surface area contributed by atoms with E-state index in [0.29, 0.717) is 19.1 Å². The van der Waals surface area contributed by atoms with E-state index in [2.05, 4.69) is 73.3 Å². The lowest BCUT2D eigenvalue weighted by molar-refractivity contribution is 0.197. The molecule has 170 valence electrons. The van der Waals surface area contributed by atoms with Gasteiger partial charge in [-0.05, 0) is 29.7 Å². The number of rotatable bonds is 3. The average Bonchev–Trinajstić information content (AvgIpc) is 3.58. The average molecular weight is 452 g/mol. The van der Waals surface area contributed by atoms with Gasteiger partial charge in [0.15, 0.2) is 0 Å². The number of aryl methyl sites for hydroxylation is 1. The predicted molar refractivity (Wildman–Crippen MR) is 130 cm³/mol. The summed E-state index contributed by atoms with van der Waals surface area (Å²) < 4.78 is 2.40. The number of piperazine rings is 1. The second-order valence-electron chi connectivity index (χ2n) is 9.32. The summed E-state index contributed by atoms with van der Waals surface area (Å²) >= 11 is 0. The zero-order valence-electron chi connectivity index (χ0n) is 18.8. The van der Waals surface area contributed by atoms with Crippen molar-refractivity contribution in [2.24, 2.45) is 0 Å². The summed E-state index contributed by atoms with van der Waals surface area (Å²) in [6.07, 6.45) is 5.89. The lowest BCUT2D eigenvalue weighted by Crippen LogP contribution is -2.52. The number of nitrogens with zero attached hydrogens (tertiary/aromatic N) is 6. The number of hydrogen-bond donors (Lipinski definition) is 1. The first-order valence-corrected chi connectivity index (χ1v) is 11.9. The van der Waals surface area contributed by atoms with Gasteiger partial charge in [0.1, 0.15) is 5.82 Å². The first-order chi connectivity index (χ1) is 16.7. The monoisotopic (exact) mass is 451 g/mol. The van der Waals surface area contributed by atoms with Crippen molar-refractivity contribution in [3.8, 4) is 11.1 Å². The fourth-order valence-electron chi connectivity index (χ4n) is 5.65. The molecule has 2 fully saturated rings. The van der Waals surface area contributed by atoms with Crippen LogP contribution in [-0.2, 0) is 6.42 Å². The van der Waals surface area contributed by atoms with Gasteiger partial charge >= 0.3 is 6.03 Å². The smallest absolute Gasteiger partial charge is 0.317 e. The lowest BCUT2D eigenvalue weighted by Gasteiger charge is -2.36. The Balaban J connectivity index is 1.18. The van der Waals surface area contributed by atoms with Crippen molar-refractivity contribution in [3.05, 3.63) is 72.3 Å². The van der Waals surface area contributed by atoms with Crippen molar-refractivity contribution in [1.82, 2.24) is 29.7 Å². The van der Waals surface area contributed by atoms with Crippen LogP contribution < -0.4 is 10.2 Å². The molecule has 0 aliphatic carbocycles. The highest BCUT2D eigenvalue weighted by atomic mass is 16.2. The van der Waals surface area contributed by atoms with Gasteiger partial charge in [-0.3, -0.25) is 0 Å². The van der Waals surface area contributed by atoms with Crippen molar-refractivity contribution in [3.63, 3.8) is 0 Å². The first kappa shape index (κ1) is 19.5. The molecule has 1 N–H and O–H groups in total. The minimum atomic E-state index is 0.0390. The van der Waals surface area contributed by atoms with Crippen molar-refractivity contribution in [1.29, 1.82) is 0 Å². The Bertz CT molecular complexity index is 1380. The van der Waals surface area contributed by atoms with Crippen LogP contribution in [0.15, 0.2) is 60.9 Å². The Morgan fingerprint density at radius 2 is 1.82 bits per heavy atom. The summed E-state index contributed by atoms with van der Waals surface area (Å²) in [4.78, 5) is 30.2. The van der Waals surface area contributed by atoms with E-state index in [4.69, 9.17) is 4.98 Å². The normalized spacial score (nSPS) is 21.6. The third-order valence-electron chi connectivity index (χ3n) is 7.39. The predicted octanol–water partition coefficient (Wildman–Crippen LogP) is 3.24. The van der Waals surface area contributed by atoms with Crippen LogP contribution in [0.4, 0.5) is 10.7 Å². The number of hydrogen-bond acceptors (Lipinski definition) is 5. The van der Waals surface area contributed by atoms with Crippen LogP contribution >= 0.6 is 0 Å². The third kappa shape index (κ3) is 3.05. The number of carbonyl (C=O) groups excluding carboxylic acids is 1. The van der Waals surface area contributed by atoms with E-state index in [0.717, 1.165) is 59.9 Å². The van der Waals surface area contributed by atoms with E-state index in [1.54, 1.807) is 0 Å². The van der Waals surface area contributed by atoms with E-state index in [1.807, 2.05) is 17.3 Å². The van der Waals surface area contributed by atoms with Crippen LogP contribution in [0.1, 0.15) is 23.9 Å². The van der Waals surface area contributed by atoms with E-state index < -0.39 is 0 Å².